The van der Waals surface area contributed by atoms with E-state index >= 15 is 0 Å². The molecule has 2 saturated carbocycles. The molecule has 0 bridgehead atoms. The maximum atomic E-state index is 14.1. The molecule has 42 heavy (non-hydrogen) atoms. The third kappa shape index (κ3) is 7.73. The number of aliphatic carboxylic acids is 1. The predicted octanol–water partition coefficient (Wildman–Crippen LogP) is 2.60. The van der Waals surface area contributed by atoms with E-state index in [1.165, 1.54) is 11.8 Å². The van der Waals surface area contributed by atoms with Crippen LogP contribution in [0, 0.1) is 15.4 Å². The number of ether oxygens (including phenoxy) is 1. The molecule has 1 aliphatic heterocycles. The Kier molecular flexibility index (Phi) is 10.4. The molecule has 0 spiro atoms. The first-order valence-electron chi connectivity index (χ1n) is 14.8. The van der Waals surface area contributed by atoms with E-state index in [1.807, 2.05) is 38.1 Å². The molecule has 0 aromatic heterocycles. The summed E-state index contributed by atoms with van der Waals surface area (Å²) in [5.74, 6) is -2.57. The minimum Gasteiger partial charge on any atom is -0.488 e. The molecule has 11 nitrogen and oxygen atoms in total. The standard InChI is InChI=1S/C30H41IN4O7/c1-17(2)24(33-27(38)25(32-18(3)36)19-7-5-4-6-8-19)28(39)35-16-22(42-21-11-9-20(31)10-12-21)15-23(35)26(37)34-30(13-14-30)29(40)41/h9-12,17,19,22-25H,4-8,13-16H2,1-3H3,(H,32,36)(H,33,38)(H,34,37)(H,40,41)/t22-,23?,24+,25+/m1/s1. The zero-order valence-corrected chi connectivity index (χ0v) is 26.5. The molecule has 4 N–H and O–H groups in total. The van der Waals surface area contributed by atoms with Crippen molar-refractivity contribution >= 4 is 52.2 Å². The van der Waals surface area contributed by atoms with Crippen LogP contribution >= 0.6 is 22.6 Å². The Hall–Kier alpha value is -2.90. The van der Waals surface area contributed by atoms with E-state index in [2.05, 4.69) is 38.5 Å². The first kappa shape index (κ1) is 32.0. The van der Waals surface area contributed by atoms with E-state index in [-0.39, 0.29) is 30.7 Å². The van der Waals surface area contributed by atoms with E-state index < -0.39 is 53.5 Å². The summed E-state index contributed by atoms with van der Waals surface area (Å²) in [6, 6.07) is 4.74. The monoisotopic (exact) mass is 696 g/mol. The summed E-state index contributed by atoms with van der Waals surface area (Å²) in [7, 11) is 0. The molecule has 2 aliphatic carbocycles. The van der Waals surface area contributed by atoms with Gasteiger partial charge in [0.25, 0.3) is 0 Å². The van der Waals surface area contributed by atoms with E-state index in [4.69, 9.17) is 4.74 Å². The van der Waals surface area contributed by atoms with Gasteiger partial charge in [0.1, 0.15) is 35.5 Å². The van der Waals surface area contributed by atoms with Gasteiger partial charge in [-0.25, -0.2) is 4.79 Å². The smallest absolute Gasteiger partial charge is 0.329 e. The molecule has 1 saturated heterocycles. The van der Waals surface area contributed by atoms with Gasteiger partial charge in [0, 0.05) is 16.9 Å². The third-order valence-electron chi connectivity index (χ3n) is 8.48. The SMILES string of the molecule is CC(=O)N[C@H](C(=O)N[C@H](C(=O)N1C[C@H](Oc2ccc(I)cc2)CC1C(=O)NC1(C(=O)O)CC1)C(C)C)C1CCCCC1. The number of carbonyl (C=O) groups excluding carboxylic acids is 4. The number of rotatable bonds is 11. The molecule has 4 amide bonds. The second-order valence-corrected chi connectivity index (χ2v) is 13.4. The van der Waals surface area contributed by atoms with Crippen molar-refractivity contribution in [2.45, 2.75) is 102 Å². The fraction of sp³-hybridized carbons (Fsp3) is 0.633. The zero-order chi connectivity index (χ0) is 30.6. The predicted molar refractivity (Wildman–Crippen MR) is 162 cm³/mol. The fourth-order valence-corrected chi connectivity index (χ4v) is 6.30. The molecule has 4 rings (SSSR count). The number of likely N-dealkylation sites (tertiary alicyclic amines) is 1. The average Bonchev–Trinajstić information content (AvgIpc) is 3.61. The van der Waals surface area contributed by atoms with Crippen molar-refractivity contribution in [2.24, 2.45) is 11.8 Å². The maximum absolute atomic E-state index is 14.1. The molecule has 1 aromatic carbocycles. The summed E-state index contributed by atoms with van der Waals surface area (Å²) >= 11 is 2.19. The lowest BCUT2D eigenvalue weighted by atomic mass is 9.83. The minimum absolute atomic E-state index is 0.0201. The molecule has 230 valence electrons. The maximum Gasteiger partial charge on any atom is 0.329 e. The van der Waals surface area contributed by atoms with Gasteiger partial charge < -0.3 is 30.7 Å². The number of hydrogen-bond acceptors (Lipinski definition) is 6. The highest BCUT2D eigenvalue weighted by Crippen LogP contribution is 2.36. The number of carbonyl (C=O) groups is 5. The lowest BCUT2D eigenvalue weighted by molar-refractivity contribution is -0.146. The Balaban J connectivity index is 1.54. The van der Waals surface area contributed by atoms with Gasteiger partial charge in [-0.3, -0.25) is 19.2 Å². The lowest BCUT2D eigenvalue weighted by Gasteiger charge is -2.34. The Morgan fingerprint density at radius 2 is 1.67 bits per heavy atom. The second kappa shape index (κ2) is 13.6. The van der Waals surface area contributed by atoms with Crippen molar-refractivity contribution in [1.82, 2.24) is 20.9 Å². The second-order valence-electron chi connectivity index (χ2n) is 12.1. The number of nitrogens with one attached hydrogen (secondary N) is 3. The number of carboxylic acid groups (broad SMARTS) is 1. The van der Waals surface area contributed by atoms with Gasteiger partial charge in [0.15, 0.2) is 0 Å². The summed E-state index contributed by atoms with van der Waals surface area (Å²) in [4.78, 5) is 66.3. The number of nitrogens with zero attached hydrogens (tertiary/aromatic N) is 1. The zero-order valence-electron chi connectivity index (χ0n) is 24.4. The Bertz CT molecular complexity index is 1180. The van der Waals surface area contributed by atoms with Gasteiger partial charge in [-0.1, -0.05) is 33.1 Å². The number of benzene rings is 1. The lowest BCUT2D eigenvalue weighted by Crippen LogP contribution is -2.60. The van der Waals surface area contributed by atoms with Crippen LogP contribution in [0.2, 0.25) is 0 Å². The topological polar surface area (TPSA) is 154 Å². The van der Waals surface area contributed by atoms with Crippen LogP contribution in [0.1, 0.15) is 72.1 Å². The Morgan fingerprint density at radius 1 is 1.02 bits per heavy atom. The Morgan fingerprint density at radius 3 is 2.21 bits per heavy atom. The highest BCUT2D eigenvalue weighted by molar-refractivity contribution is 14.1. The van der Waals surface area contributed by atoms with Gasteiger partial charge in [0.2, 0.25) is 23.6 Å². The van der Waals surface area contributed by atoms with Gasteiger partial charge in [-0.2, -0.15) is 0 Å². The van der Waals surface area contributed by atoms with Gasteiger partial charge in [0.05, 0.1) is 6.54 Å². The van der Waals surface area contributed by atoms with Crippen LogP contribution in [0.4, 0.5) is 0 Å². The first-order chi connectivity index (χ1) is 19.9. The average molecular weight is 697 g/mol. The molecule has 1 aromatic rings. The van der Waals surface area contributed by atoms with Crippen LogP contribution < -0.4 is 20.7 Å². The summed E-state index contributed by atoms with van der Waals surface area (Å²) in [6.07, 6.45) is 4.99. The quantitative estimate of drug-likeness (QED) is 0.260. The van der Waals surface area contributed by atoms with Gasteiger partial charge in [-0.15, -0.1) is 0 Å². The molecule has 3 aliphatic rings. The molecule has 12 heteroatoms. The van der Waals surface area contributed by atoms with Crippen molar-refractivity contribution in [2.75, 3.05) is 6.54 Å². The van der Waals surface area contributed by atoms with Gasteiger partial charge in [-0.05, 0) is 84.4 Å². The molecular weight excluding hydrogens is 655 g/mol. The van der Waals surface area contributed by atoms with E-state index in [1.54, 1.807) is 0 Å². The Labute approximate surface area is 260 Å². The van der Waals surface area contributed by atoms with Crippen LogP contribution in [0.15, 0.2) is 24.3 Å². The highest BCUT2D eigenvalue weighted by Gasteiger charge is 2.54. The van der Waals surface area contributed by atoms with Crippen molar-refractivity contribution in [3.05, 3.63) is 27.8 Å². The van der Waals surface area contributed by atoms with Crippen LogP contribution in [0.25, 0.3) is 0 Å². The van der Waals surface area contributed by atoms with Crippen molar-refractivity contribution in [3.8, 4) is 5.75 Å². The van der Waals surface area contributed by atoms with Crippen molar-refractivity contribution in [3.63, 3.8) is 0 Å². The van der Waals surface area contributed by atoms with Crippen molar-refractivity contribution in [1.29, 1.82) is 0 Å². The highest BCUT2D eigenvalue weighted by atomic mass is 127. The number of halogens is 1. The number of amides is 4. The van der Waals surface area contributed by atoms with E-state index in [0.717, 1.165) is 35.7 Å². The summed E-state index contributed by atoms with van der Waals surface area (Å²) in [5, 5.41) is 18.0. The fourth-order valence-electron chi connectivity index (χ4n) is 5.94. The number of hydrogen-bond donors (Lipinski definition) is 4. The minimum atomic E-state index is -1.31. The molecule has 3 fully saturated rings. The van der Waals surface area contributed by atoms with Crippen LogP contribution in [-0.4, -0.2) is 75.9 Å². The summed E-state index contributed by atoms with van der Waals surface area (Å²) < 4.78 is 7.17. The summed E-state index contributed by atoms with van der Waals surface area (Å²) in [5.41, 5.74) is -1.31. The van der Waals surface area contributed by atoms with Gasteiger partial charge >= 0.3 is 5.97 Å². The normalized spacial score (nSPS) is 23.0. The largest absolute Gasteiger partial charge is 0.488 e. The van der Waals surface area contributed by atoms with Crippen LogP contribution in [-0.2, 0) is 24.0 Å². The van der Waals surface area contributed by atoms with E-state index in [0.29, 0.717) is 18.6 Å². The molecule has 4 atom stereocenters. The molecule has 0 radical (unpaired) electrons. The first-order valence-corrected chi connectivity index (χ1v) is 15.8. The van der Waals surface area contributed by atoms with Crippen LogP contribution in [0.5, 0.6) is 5.75 Å². The van der Waals surface area contributed by atoms with Crippen LogP contribution in [0.3, 0.4) is 0 Å². The van der Waals surface area contributed by atoms with Crippen molar-refractivity contribution < 1.29 is 33.8 Å². The third-order valence-corrected chi connectivity index (χ3v) is 9.20. The summed E-state index contributed by atoms with van der Waals surface area (Å²) in [6.45, 7) is 5.09. The number of carboxylic acids is 1. The molecule has 1 unspecified atom stereocenters. The molecular formula is C30H41IN4O7. The van der Waals surface area contributed by atoms with E-state index in [9.17, 15) is 29.1 Å². The molecule has 1 heterocycles.